The van der Waals surface area contributed by atoms with Crippen molar-refractivity contribution in [1.82, 2.24) is 25.1 Å². The van der Waals surface area contributed by atoms with Crippen molar-refractivity contribution >= 4 is 11.9 Å². The zero-order valence-corrected chi connectivity index (χ0v) is 17.7. The van der Waals surface area contributed by atoms with E-state index in [0.717, 1.165) is 11.4 Å². The third-order valence-electron chi connectivity index (χ3n) is 4.61. The van der Waals surface area contributed by atoms with Crippen molar-refractivity contribution in [1.29, 1.82) is 0 Å². The van der Waals surface area contributed by atoms with Gasteiger partial charge >= 0.3 is 0 Å². The first kappa shape index (κ1) is 22.4. The number of nitrogens with one attached hydrogen (secondary N) is 2. The van der Waals surface area contributed by atoms with Gasteiger partial charge in [-0.2, -0.15) is 0 Å². The normalized spacial score (nSPS) is 11.4. The summed E-state index contributed by atoms with van der Waals surface area (Å²) in [5, 5.41) is 6.31. The van der Waals surface area contributed by atoms with Crippen LogP contribution in [0.5, 0.6) is 0 Å². The number of guanidine groups is 1. The van der Waals surface area contributed by atoms with Crippen LogP contribution in [0.4, 0.5) is 4.39 Å². The van der Waals surface area contributed by atoms with Gasteiger partial charge in [-0.25, -0.2) is 14.4 Å². The Kier molecular flexibility index (Phi) is 8.64. The van der Waals surface area contributed by atoms with Gasteiger partial charge in [-0.1, -0.05) is 6.07 Å². The van der Waals surface area contributed by atoms with Crippen LogP contribution < -0.4 is 10.6 Å². The van der Waals surface area contributed by atoms with Crippen molar-refractivity contribution in [3.8, 4) is 5.69 Å². The minimum atomic E-state index is -0.318. The Morgan fingerprint density at radius 3 is 2.59 bits per heavy atom. The summed E-state index contributed by atoms with van der Waals surface area (Å²) in [6, 6.07) is 5.08. The highest BCUT2D eigenvalue weighted by Crippen LogP contribution is 2.17. The van der Waals surface area contributed by atoms with E-state index in [-0.39, 0.29) is 11.7 Å². The van der Waals surface area contributed by atoms with Crippen molar-refractivity contribution in [3.63, 3.8) is 0 Å². The maximum atomic E-state index is 14.5. The fraction of sp³-hybridized carbons (Fsp3) is 0.476. The molecule has 1 aromatic heterocycles. The van der Waals surface area contributed by atoms with Crippen molar-refractivity contribution in [2.75, 3.05) is 26.2 Å². The molecule has 0 atom stereocenters. The summed E-state index contributed by atoms with van der Waals surface area (Å²) in [7, 11) is 0. The summed E-state index contributed by atoms with van der Waals surface area (Å²) in [6.07, 6.45) is 3.78. The SMILES string of the molecule is CCNC(=NCc1ccc(-n2ccnc2C)c(F)c1)NCCC(=O)N(CC)CC. The highest BCUT2D eigenvalue weighted by Gasteiger charge is 2.10. The number of benzene rings is 1. The van der Waals surface area contributed by atoms with E-state index in [2.05, 4.69) is 20.6 Å². The first-order valence-electron chi connectivity index (χ1n) is 10.1. The van der Waals surface area contributed by atoms with Crippen molar-refractivity contribution < 1.29 is 9.18 Å². The minimum Gasteiger partial charge on any atom is -0.357 e. The number of carbonyl (C=O) groups is 1. The molecule has 0 unspecified atom stereocenters. The second-order valence-corrected chi connectivity index (χ2v) is 6.57. The Morgan fingerprint density at radius 1 is 1.24 bits per heavy atom. The van der Waals surface area contributed by atoms with Crippen LogP contribution in [0, 0.1) is 12.7 Å². The monoisotopic (exact) mass is 402 g/mol. The second kappa shape index (κ2) is 11.2. The van der Waals surface area contributed by atoms with E-state index >= 15 is 0 Å². The summed E-state index contributed by atoms with van der Waals surface area (Å²) < 4.78 is 16.2. The van der Waals surface area contributed by atoms with Crippen LogP contribution in [0.25, 0.3) is 5.69 Å². The molecule has 0 saturated heterocycles. The molecule has 1 heterocycles. The van der Waals surface area contributed by atoms with Crippen LogP contribution in [0.15, 0.2) is 35.6 Å². The second-order valence-electron chi connectivity index (χ2n) is 6.57. The maximum Gasteiger partial charge on any atom is 0.224 e. The fourth-order valence-electron chi connectivity index (χ4n) is 3.01. The Bertz CT molecular complexity index is 828. The highest BCUT2D eigenvalue weighted by molar-refractivity contribution is 5.81. The first-order valence-corrected chi connectivity index (χ1v) is 10.1. The molecule has 0 saturated carbocycles. The van der Waals surface area contributed by atoms with E-state index in [1.165, 1.54) is 6.07 Å². The van der Waals surface area contributed by atoms with Gasteiger partial charge in [-0.05, 0) is 45.4 Å². The largest absolute Gasteiger partial charge is 0.357 e. The van der Waals surface area contributed by atoms with Crippen LogP contribution in [0.2, 0.25) is 0 Å². The predicted molar refractivity (Wildman–Crippen MR) is 114 cm³/mol. The van der Waals surface area contributed by atoms with Gasteiger partial charge in [0.25, 0.3) is 0 Å². The molecule has 0 radical (unpaired) electrons. The first-order chi connectivity index (χ1) is 14.0. The smallest absolute Gasteiger partial charge is 0.224 e. The van der Waals surface area contributed by atoms with Crippen molar-refractivity contribution in [2.24, 2.45) is 4.99 Å². The molecule has 0 bridgehead atoms. The van der Waals surface area contributed by atoms with Gasteiger partial charge in [-0.15, -0.1) is 0 Å². The fourth-order valence-corrected chi connectivity index (χ4v) is 3.01. The van der Waals surface area contributed by atoms with Gasteiger partial charge in [0.15, 0.2) is 5.96 Å². The van der Waals surface area contributed by atoms with E-state index in [1.54, 1.807) is 27.9 Å². The Hall–Kier alpha value is -2.90. The van der Waals surface area contributed by atoms with Gasteiger partial charge in [0.1, 0.15) is 11.6 Å². The summed E-state index contributed by atoms with van der Waals surface area (Å²) in [5.41, 5.74) is 1.23. The lowest BCUT2D eigenvalue weighted by molar-refractivity contribution is -0.130. The van der Waals surface area contributed by atoms with Crippen molar-refractivity contribution in [3.05, 3.63) is 47.8 Å². The molecule has 0 spiro atoms. The Labute approximate surface area is 172 Å². The molecule has 0 fully saturated rings. The number of aliphatic imine (C=N–C) groups is 1. The average molecular weight is 403 g/mol. The summed E-state index contributed by atoms with van der Waals surface area (Å²) in [5.74, 6) is 1.13. The number of aryl methyl sites for hydroxylation is 1. The molecule has 2 N–H and O–H groups in total. The molecule has 0 aliphatic rings. The van der Waals surface area contributed by atoms with Gasteiger partial charge < -0.3 is 20.1 Å². The van der Waals surface area contributed by atoms with Crippen LogP contribution in [0.3, 0.4) is 0 Å². The molecule has 2 rings (SSSR count). The number of hydrogen-bond donors (Lipinski definition) is 2. The summed E-state index contributed by atoms with van der Waals surface area (Å²) in [6.45, 7) is 10.7. The van der Waals surface area contributed by atoms with E-state index in [9.17, 15) is 9.18 Å². The number of halogens is 1. The molecule has 0 aliphatic carbocycles. The van der Waals surface area contributed by atoms with Crippen molar-refractivity contribution in [2.45, 2.75) is 40.7 Å². The van der Waals surface area contributed by atoms with Crippen LogP contribution in [0.1, 0.15) is 38.6 Å². The third kappa shape index (κ3) is 6.30. The molecule has 158 valence electrons. The third-order valence-corrected chi connectivity index (χ3v) is 4.61. The lowest BCUT2D eigenvalue weighted by Gasteiger charge is -2.19. The summed E-state index contributed by atoms with van der Waals surface area (Å²) in [4.78, 5) is 22.5. The average Bonchev–Trinajstić information content (AvgIpc) is 3.12. The predicted octanol–water partition coefficient (Wildman–Crippen LogP) is 2.63. The summed E-state index contributed by atoms with van der Waals surface area (Å²) >= 11 is 0. The zero-order valence-electron chi connectivity index (χ0n) is 17.7. The zero-order chi connectivity index (χ0) is 21.2. The number of amides is 1. The minimum absolute atomic E-state index is 0.116. The maximum absolute atomic E-state index is 14.5. The molecule has 7 nitrogen and oxygen atoms in total. The van der Waals surface area contributed by atoms with Crippen LogP contribution >= 0.6 is 0 Å². The lowest BCUT2D eigenvalue weighted by atomic mass is 10.2. The standard InChI is InChI=1S/C21H31FN6O/c1-5-23-21(25-11-10-20(29)27(6-2)7-3)26-15-17-8-9-19(18(22)14-17)28-13-12-24-16(28)4/h8-9,12-14H,5-7,10-11,15H2,1-4H3,(H2,23,25,26). The molecule has 1 amide bonds. The van der Waals surface area contributed by atoms with Gasteiger partial charge in [0, 0.05) is 45.0 Å². The number of hydrogen-bond acceptors (Lipinski definition) is 3. The van der Waals surface area contributed by atoms with Crippen LogP contribution in [-0.2, 0) is 11.3 Å². The number of carbonyl (C=O) groups excluding carboxylic acids is 1. The molecule has 1 aromatic carbocycles. The quantitative estimate of drug-likeness (QED) is 0.500. The molecule has 2 aromatic rings. The topological polar surface area (TPSA) is 74.5 Å². The van der Waals surface area contributed by atoms with E-state index in [1.807, 2.05) is 33.8 Å². The van der Waals surface area contributed by atoms with E-state index in [4.69, 9.17) is 0 Å². The molecular formula is C21H31FN6O. The molecule has 8 heteroatoms. The number of aromatic nitrogens is 2. The van der Waals surface area contributed by atoms with Crippen LogP contribution in [-0.4, -0.2) is 52.5 Å². The lowest BCUT2D eigenvalue weighted by Crippen LogP contribution is -2.40. The van der Waals surface area contributed by atoms with Gasteiger partial charge in [0.05, 0.1) is 12.2 Å². The molecule has 29 heavy (non-hydrogen) atoms. The number of rotatable bonds is 9. The number of imidazole rings is 1. The highest BCUT2D eigenvalue weighted by atomic mass is 19.1. The Balaban J connectivity index is 1.98. The molecular weight excluding hydrogens is 371 g/mol. The molecule has 0 aliphatic heterocycles. The van der Waals surface area contributed by atoms with Gasteiger partial charge in [-0.3, -0.25) is 4.79 Å². The number of nitrogens with zero attached hydrogens (tertiary/aromatic N) is 4. The van der Waals surface area contributed by atoms with E-state index < -0.39 is 0 Å². The van der Waals surface area contributed by atoms with E-state index in [0.29, 0.717) is 50.8 Å². The van der Waals surface area contributed by atoms with Gasteiger partial charge in [0.2, 0.25) is 5.91 Å². The Morgan fingerprint density at radius 2 is 2.00 bits per heavy atom.